The van der Waals surface area contributed by atoms with Crippen LogP contribution in [0.1, 0.15) is 47.0 Å². The Morgan fingerprint density at radius 1 is 1.31 bits per heavy atom. The minimum absolute atomic E-state index is 0.109. The van der Waals surface area contributed by atoms with Crippen molar-refractivity contribution in [2.75, 3.05) is 13.6 Å². The highest BCUT2D eigenvalue weighted by molar-refractivity contribution is 5.76. The van der Waals surface area contributed by atoms with Crippen molar-refractivity contribution in [3.05, 3.63) is 0 Å². The number of rotatable bonds is 4. The van der Waals surface area contributed by atoms with Gasteiger partial charge < -0.3 is 4.90 Å². The van der Waals surface area contributed by atoms with E-state index in [2.05, 4.69) is 27.7 Å². The molecule has 0 rings (SSSR count). The molecule has 13 heavy (non-hydrogen) atoms. The first-order valence-corrected chi connectivity index (χ1v) is 5.11. The number of hydrogen-bond donors (Lipinski definition) is 0. The van der Waals surface area contributed by atoms with E-state index in [0.29, 0.717) is 6.42 Å². The van der Waals surface area contributed by atoms with Gasteiger partial charge in [0.15, 0.2) is 0 Å². The predicted octanol–water partition coefficient (Wildman–Crippen LogP) is 2.68. The largest absolute Gasteiger partial charge is 0.346 e. The molecule has 0 aliphatic rings. The van der Waals surface area contributed by atoms with Crippen LogP contribution >= 0.6 is 0 Å². The van der Waals surface area contributed by atoms with Gasteiger partial charge in [-0.15, -0.1) is 0 Å². The Morgan fingerprint density at radius 3 is 2.23 bits per heavy atom. The summed E-state index contributed by atoms with van der Waals surface area (Å²) >= 11 is 0. The van der Waals surface area contributed by atoms with Crippen LogP contribution < -0.4 is 0 Å². The SMILES string of the molecule is CCCCN(C)C(=O)CC(C)(C)C. The van der Waals surface area contributed by atoms with Gasteiger partial charge in [-0.05, 0) is 11.8 Å². The number of nitrogens with zero attached hydrogens (tertiary/aromatic N) is 1. The Morgan fingerprint density at radius 2 is 1.85 bits per heavy atom. The van der Waals surface area contributed by atoms with E-state index in [1.807, 2.05) is 11.9 Å². The van der Waals surface area contributed by atoms with Crippen LogP contribution in [0.5, 0.6) is 0 Å². The summed E-state index contributed by atoms with van der Waals surface area (Å²) in [5.74, 6) is 0.265. The zero-order chi connectivity index (χ0) is 10.5. The van der Waals surface area contributed by atoms with Gasteiger partial charge in [-0.25, -0.2) is 0 Å². The van der Waals surface area contributed by atoms with Gasteiger partial charge in [-0.2, -0.15) is 0 Å². The number of hydrogen-bond acceptors (Lipinski definition) is 1. The van der Waals surface area contributed by atoms with Gasteiger partial charge in [0.25, 0.3) is 0 Å². The van der Waals surface area contributed by atoms with Crippen molar-refractivity contribution in [2.24, 2.45) is 5.41 Å². The van der Waals surface area contributed by atoms with E-state index < -0.39 is 0 Å². The van der Waals surface area contributed by atoms with Gasteiger partial charge >= 0.3 is 0 Å². The molecule has 0 spiro atoms. The second-order valence-electron chi connectivity index (χ2n) is 4.91. The fraction of sp³-hybridized carbons (Fsp3) is 0.909. The molecule has 0 radical (unpaired) electrons. The molecule has 0 heterocycles. The molecule has 0 N–H and O–H groups in total. The average Bonchev–Trinajstić information content (AvgIpc) is 1.96. The molecule has 0 aromatic carbocycles. The van der Waals surface area contributed by atoms with Crippen LogP contribution in [-0.2, 0) is 4.79 Å². The van der Waals surface area contributed by atoms with Crippen molar-refractivity contribution < 1.29 is 4.79 Å². The van der Waals surface area contributed by atoms with Gasteiger partial charge in [-0.1, -0.05) is 34.1 Å². The van der Waals surface area contributed by atoms with E-state index in [4.69, 9.17) is 0 Å². The second-order valence-corrected chi connectivity index (χ2v) is 4.91. The normalized spacial score (nSPS) is 11.5. The highest BCUT2D eigenvalue weighted by Gasteiger charge is 2.18. The van der Waals surface area contributed by atoms with Crippen LogP contribution in [0.2, 0.25) is 0 Å². The fourth-order valence-electron chi connectivity index (χ4n) is 1.11. The summed E-state index contributed by atoms with van der Waals surface area (Å²) in [6.45, 7) is 9.32. The van der Waals surface area contributed by atoms with Crippen LogP contribution in [-0.4, -0.2) is 24.4 Å². The third-order valence-corrected chi connectivity index (χ3v) is 1.95. The summed E-state index contributed by atoms with van der Waals surface area (Å²) in [5.41, 5.74) is 0.109. The molecule has 0 unspecified atom stereocenters. The van der Waals surface area contributed by atoms with E-state index in [1.54, 1.807) is 0 Å². The molecule has 0 saturated heterocycles. The summed E-state index contributed by atoms with van der Waals surface area (Å²) < 4.78 is 0. The van der Waals surface area contributed by atoms with Gasteiger partial charge in [0.05, 0.1) is 0 Å². The average molecular weight is 185 g/mol. The Balaban J connectivity index is 3.83. The van der Waals surface area contributed by atoms with Gasteiger partial charge in [0, 0.05) is 20.0 Å². The Kier molecular flexibility index (Phi) is 5.04. The van der Waals surface area contributed by atoms with Crippen molar-refractivity contribution in [1.29, 1.82) is 0 Å². The number of carbonyl (C=O) groups is 1. The molecule has 78 valence electrons. The van der Waals surface area contributed by atoms with Crippen molar-refractivity contribution in [3.63, 3.8) is 0 Å². The molecule has 2 heteroatoms. The van der Waals surface area contributed by atoms with E-state index in [1.165, 1.54) is 0 Å². The number of carbonyl (C=O) groups excluding carboxylic acids is 1. The van der Waals surface area contributed by atoms with Gasteiger partial charge in [-0.3, -0.25) is 4.79 Å². The zero-order valence-electron chi connectivity index (χ0n) is 9.68. The Bertz CT molecular complexity index is 158. The molecule has 0 saturated carbocycles. The highest BCUT2D eigenvalue weighted by Crippen LogP contribution is 2.19. The van der Waals surface area contributed by atoms with E-state index in [-0.39, 0.29) is 11.3 Å². The van der Waals surface area contributed by atoms with Gasteiger partial charge in [0.2, 0.25) is 5.91 Å². The predicted molar refractivity (Wildman–Crippen MR) is 56.6 cm³/mol. The molecule has 0 aromatic rings. The summed E-state index contributed by atoms with van der Waals surface area (Å²) in [5, 5.41) is 0. The molecule has 0 aromatic heterocycles. The molecule has 0 fully saturated rings. The zero-order valence-corrected chi connectivity index (χ0v) is 9.68. The number of unbranched alkanes of at least 4 members (excludes halogenated alkanes) is 1. The fourth-order valence-corrected chi connectivity index (χ4v) is 1.11. The molecular weight excluding hydrogens is 162 g/mol. The minimum atomic E-state index is 0.109. The highest BCUT2D eigenvalue weighted by atomic mass is 16.2. The molecule has 2 nitrogen and oxygen atoms in total. The molecule has 1 amide bonds. The van der Waals surface area contributed by atoms with Crippen molar-refractivity contribution in [1.82, 2.24) is 4.90 Å². The lowest BCUT2D eigenvalue weighted by Crippen LogP contribution is -2.30. The lowest BCUT2D eigenvalue weighted by atomic mass is 9.92. The summed E-state index contributed by atoms with van der Waals surface area (Å²) in [6.07, 6.45) is 2.90. The summed E-state index contributed by atoms with van der Waals surface area (Å²) in [7, 11) is 1.89. The van der Waals surface area contributed by atoms with E-state index in [9.17, 15) is 4.79 Å². The standard InChI is InChI=1S/C11H23NO/c1-6-7-8-12(5)10(13)9-11(2,3)4/h6-9H2,1-5H3. The van der Waals surface area contributed by atoms with Crippen LogP contribution in [0.25, 0.3) is 0 Å². The first kappa shape index (κ1) is 12.5. The molecular formula is C11H23NO. The summed E-state index contributed by atoms with van der Waals surface area (Å²) in [4.78, 5) is 13.4. The van der Waals surface area contributed by atoms with Crippen molar-refractivity contribution >= 4 is 5.91 Å². The van der Waals surface area contributed by atoms with Crippen molar-refractivity contribution in [2.45, 2.75) is 47.0 Å². The second kappa shape index (κ2) is 5.25. The maximum Gasteiger partial charge on any atom is 0.222 e. The quantitative estimate of drug-likeness (QED) is 0.659. The van der Waals surface area contributed by atoms with Crippen LogP contribution in [0.3, 0.4) is 0 Å². The third-order valence-electron chi connectivity index (χ3n) is 1.95. The lowest BCUT2D eigenvalue weighted by molar-refractivity contribution is -0.131. The first-order valence-electron chi connectivity index (χ1n) is 5.11. The Hall–Kier alpha value is -0.530. The van der Waals surface area contributed by atoms with Crippen LogP contribution in [0.15, 0.2) is 0 Å². The maximum atomic E-state index is 11.6. The third kappa shape index (κ3) is 6.62. The van der Waals surface area contributed by atoms with Crippen LogP contribution in [0, 0.1) is 5.41 Å². The first-order chi connectivity index (χ1) is 5.87. The number of amides is 1. The smallest absolute Gasteiger partial charge is 0.222 e. The van der Waals surface area contributed by atoms with E-state index >= 15 is 0 Å². The lowest BCUT2D eigenvalue weighted by Gasteiger charge is -2.23. The molecule has 0 atom stereocenters. The topological polar surface area (TPSA) is 20.3 Å². The molecule has 0 aliphatic carbocycles. The monoisotopic (exact) mass is 185 g/mol. The van der Waals surface area contributed by atoms with E-state index in [0.717, 1.165) is 19.4 Å². The summed E-state index contributed by atoms with van der Waals surface area (Å²) in [6, 6.07) is 0. The minimum Gasteiger partial charge on any atom is -0.346 e. The van der Waals surface area contributed by atoms with Crippen molar-refractivity contribution in [3.8, 4) is 0 Å². The van der Waals surface area contributed by atoms with Gasteiger partial charge in [0.1, 0.15) is 0 Å². The molecule has 0 bridgehead atoms. The van der Waals surface area contributed by atoms with Crippen LogP contribution in [0.4, 0.5) is 0 Å². The molecule has 0 aliphatic heterocycles. The maximum absolute atomic E-state index is 11.6. The Labute approximate surface area is 82.3 Å².